The van der Waals surface area contributed by atoms with Crippen LogP contribution in [0.2, 0.25) is 0 Å². The first-order valence-corrected chi connectivity index (χ1v) is 7.77. The van der Waals surface area contributed by atoms with E-state index in [4.69, 9.17) is 0 Å². The number of carbonyl (C=O) groups excluding carboxylic acids is 2. The molecular weight excluding hydrogens is 290 g/mol. The van der Waals surface area contributed by atoms with Gasteiger partial charge in [0.15, 0.2) is 5.78 Å². The molecule has 0 saturated heterocycles. The van der Waals surface area contributed by atoms with Gasteiger partial charge in [0.1, 0.15) is 0 Å². The largest absolute Gasteiger partial charge is 0.358 e. The Balaban J connectivity index is 2.06. The van der Waals surface area contributed by atoms with E-state index in [1.807, 2.05) is 52.0 Å². The zero-order chi connectivity index (χ0) is 17.2. The van der Waals surface area contributed by atoms with Gasteiger partial charge in [-0.05, 0) is 40.8 Å². The summed E-state index contributed by atoms with van der Waals surface area (Å²) in [5.41, 5.74) is 2.27. The van der Waals surface area contributed by atoms with Crippen molar-refractivity contribution in [1.29, 1.82) is 0 Å². The van der Waals surface area contributed by atoms with Crippen LogP contribution < -0.4 is 5.32 Å². The molecule has 1 aromatic carbocycles. The Morgan fingerprint density at radius 3 is 2.48 bits per heavy atom. The van der Waals surface area contributed by atoms with E-state index in [0.29, 0.717) is 5.56 Å². The first-order chi connectivity index (χ1) is 10.7. The molecular formula is C18H25N3O2. The quantitative estimate of drug-likeness (QED) is 0.833. The monoisotopic (exact) mass is 315 g/mol. The Bertz CT molecular complexity index is 725. The Labute approximate surface area is 137 Å². The van der Waals surface area contributed by atoms with Crippen molar-refractivity contribution in [3.63, 3.8) is 0 Å². The highest BCUT2D eigenvalue weighted by molar-refractivity contribution is 6.10. The van der Waals surface area contributed by atoms with Gasteiger partial charge >= 0.3 is 0 Å². The lowest BCUT2D eigenvalue weighted by molar-refractivity contribution is -0.123. The molecule has 2 rings (SSSR count). The maximum absolute atomic E-state index is 12.6. The molecule has 1 amide bonds. The van der Waals surface area contributed by atoms with Crippen LogP contribution in [0.25, 0.3) is 10.9 Å². The number of benzene rings is 1. The van der Waals surface area contributed by atoms with Crippen LogP contribution in [0.15, 0.2) is 24.3 Å². The van der Waals surface area contributed by atoms with E-state index in [2.05, 4.69) is 10.3 Å². The van der Waals surface area contributed by atoms with Gasteiger partial charge in [-0.2, -0.15) is 0 Å². The first-order valence-electron chi connectivity index (χ1n) is 7.77. The van der Waals surface area contributed by atoms with Gasteiger partial charge in [-0.3, -0.25) is 14.5 Å². The van der Waals surface area contributed by atoms with Gasteiger partial charge in [0.05, 0.1) is 13.1 Å². The maximum atomic E-state index is 12.6. The maximum Gasteiger partial charge on any atom is 0.234 e. The molecule has 0 aliphatic carbocycles. The van der Waals surface area contributed by atoms with Gasteiger partial charge in [0.2, 0.25) is 5.91 Å². The molecule has 1 heterocycles. The molecule has 5 heteroatoms. The van der Waals surface area contributed by atoms with Crippen molar-refractivity contribution in [2.75, 3.05) is 20.1 Å². The number of ketones is 1. The number of para-hydroxylation sites is 1. The summed E-state index contributed by atoms with van der Waals surface area (Å²) in [4.78, 5) is 29.5. The number of Topliss-reactive ketones (excluding diaryl/α,β-unsaturated/α-hetero) is 1. The van der Waals surface area contributed by atoms with Gasteiger partial charge in [0, 0.05) is 27.7 Å². The van der Waals surface area contributed by atoms with Crippen LogP contribution in [-0.2, 0) is 4.79 Å². The van der Waals surface area contributed by atoms with Crippen molar-refractivity contribution >= 4 is 22.6 Å². The Morgan fingerprint density at radius 2 is 1.83 bits per heavy atom. The zero-order valence-electron chi connectivity index (χ0n) is 14.5. The number of amides is 1. The predicted molar refractivity (Wildman–Crippen MR) is 92.8 cm³/mol. The standard InChI is InChI=1S/C18H25N3O2/c1-12-17(13-8-6-7-9-14(13)19-12)15(22)10-21(5)11-16(23)20-18(2,3)4/h6-9,19H,10-11H2,1-5H3,(H,20,23). The lowest BCUT2D eigenvalue weighted by Crippen LogP contribution is -2.45. The summed E-state index contributed by atoms with van der Waals surface area (Å²) >= 11 is 0. The van der Waals surface area contributed by atoms with Crippen LogP contribution in [0.5, 0.6) is 0 Å². The highest BCUT2D eigenvalue weighted by Gasteiger charge is 2.20. The number of H-pyrrole nitrogens is 1. The number of aromatic amines is 1. The van der Waals surface area contributed by atoms with Crippen molar-refractivity contribution in [2.45, 2.75) is 33.2 Å². The smallest absolute Gasteiger partial charge is 0.234 e. The minimum atomic E-state index is -0.268. The van der Waals surface area contributed by atoms with Crippen molar-refractivity contribution in [3.8, 4) is 0 Å². The average molecular weight is 315 g/mol. The zero-order valence-corrected chi connectivity index (χ0v) is 14.5. The molecule has 0 spiro atoms. The summed E-state index contributed by atoms with van der Waals surface area (Å²) in [7, 11) is 1.78. The van der Waals surface area contributed by atoms with E-state index >= 15 is 0 Å². The molecule has 0 aliphatic heterocycles. The highest BCUT2D eigenvalue weighted by atomic mass is 16.2. The number of likely N-dealkylation sites (N-methyl/N-ethyl adjacent to an activating group) is 1. The Hall–Kier alpha value is -2.14. The number of aromatic nitrogens is 1. The lowest BCUT2D eigenvalue weighted by Gasteiger charge is -2.23. The topological polar surface area (TPSA) is 65.2 Å². The summed E-state index contributed by atoms with van der Waals surface area (Å²) in [6.45, 7) is 8.12. The van der Waals surface area contributed by atoms with E-state index in [1.54, 1.807) is 11.9 Å². The minimum Gasteiger partial charge on any atom is -0.358 e. The summed E-state index contributed by atoms with van der Waals surface area (Å²) in [5, 5.41) is 3.83. The van der Waals surface area contributed by atoms with Crippen molar-refractivity contribution in [3.05, 3.63) is 35.5 Å². The average Bonchev–Trinajstić information content (AvgIpc) is 2.71. The SMILES string of the molecule is Cc1[nH]c2ccccc2c1C(=O)CN(C)CC(=O)NC(C)(C)C. The van der Waals surface area contributed by atoms with E-state index in [9.17, 15) is 9.59 Å². The fourth-order valence-corrected chi connectivity index (χ4v) is 2.72. The molecule has 124 valence electrons. The normalized spacial score (nSPS) is 11.9. The van der Waals surface area contributed by atoms with Crippen molar-refractivity contribution in [1.82, 2.24) is 15.2 Å². The Kier molecular flexibility index (Phi) is 4.90. The first kappa shape index (κ1) is 17.2. The number of nitrogens with one attached hydrogen (secondary N) is 2. The molecule has 0 saturated carbocycles. The second-order valence-electron chi connectivity index (χ2n) is 7.06. The highest BCUT2D eigenvalue weighted by Crippen LogP contribution is 2.22. The van der Waals surface area contributed by atoms with Gasteiger partial charge in [0.25, 0.3) is 0 Å². The van der Waals surface area contributed by atoms with Gasteiger partial charge in [-0.1, -0.05) is 18.2 Å². The van der Waals surface area contributed by atoms with Gasteiger partial charge in [-0.25, -0.2) is 0 Å². The number of hydrogen-bond donors (Lipinski definition) is 2. The van der Waals surface area contributed by atoms with Crippen LogP contribution in [0.4, 0.5) is 0 Å². The lowest BCUT2D eigenvalue weighted by atomic mass is 10.1. The summed E-state index contributed by atoms with van der Waals surface area (Å²) < 4.78 is 0. The van der Waals surface area contributed by atoms with Crippen molar-refractivity contribution in [2.24, 2.45) is 0 Å². The predicted octanol–water partition coefficient (Wildman–Crippen LogP) is 2.51. The minimum absolute atomic E-state index is 0.0195. The van der Waals surface area contributed by atoms with E-state index in [0.717, 1.165) is 16.6 Å². The van der Waals surface area contributed by atoms with E-state index in [-0.39, 0.29) is 30.3 Å². The second kappa shape index (κ2) is 6.54. The van der Waals surface area contributed by atoms with E-state index < -0.39 is 0 Å². The summed E-state index contributed by atoms with van der Waals surface area (Å²) in [5.74, 6) is -0.0607. The number of rotatable bonds is 5. The molecule has 23 heavy (non-hydrogen) atoms. The third-order valence-corrected chi connectivity index (χ3v) is 3.51. The van der Waals surface area contributed by atoms with Crippen LogP contribution in [0.3, 0.4) is 0 Å². The fraction of sp³-hybridized carbons (Fsp3) is 0.444. The van der Waals surface area contributed by atoms with Crippen LogP contribution >= 0.6 is 0 Å². The summed E-state index contributed by atoms with van der Waals surface area (Å²) in [6, 6.07) is 7.76. The number of nitrogens with zero attached hydrogens (tertiary/aromatic N) is 1. The van der Waals surface area contributed by atoms with Gasteiger partial charge in [-0.15, -0.1) is 0 Å². The third kappa shape index (κ3) is 4.42. The molecule has 0 aliphatic rings. The molecule has 0 bridgehead atoms. The number of hydrogen-bond acceptors (Lipinski definition) is 3. The molecule has 5 nitrogen and oxygen atoms in total. The molecule has 1 aromatic heterocycles. The second-order valence-corrected chi connectivity index (χ2v) is 7.06. The number of carbonyl (C=O) groups is 2. The third-order valence-electron chi connectivity index (χ3n) is 3.51. The molecule has 0 atom stereocenters. The van der Waals surface area contributed by atoms with Crippen LogP contribution in [-0.4, -0.2) is 47.3 Å². The van der Waals surface area contributed by atoms with Crippen LogP contribution in [0.1, 0.15) is 36.8 Å². The molecule has 0 unspecified atom stereocenters. The van der Waals surface area contributed by atoms with Gasteiger partial charge < -0.3 is 10.3 Å². The Morgan fingerprint density at radius 1 is 1.17 bits per heavy atom. The van der Waals surface area contributed by atoms with Crippen molar-refractivity contribution < 1.29 is 9.59 Å². The molecule has 0 radical (unpaired) electrons. The molecule has 0 fully saturated rings. The number of aryl methyl sites for hydroxylation is 1. The molecule has 2 N–H and O–H groups in total. The fourth-order valence-electron chi connectivity index (χ4n) is 2.72. The summed E-state index contributed by atoms with van der Waals surface area (Å²) in [6.07, 6.45) is 0. The van der Waals surface area contributed by atoms with Crippen LogP contribution in [0, 0.1) is 6.92 Å². The van der Waals surface area contributed by atoms with E-state index in [1.165, 1.54) is 0 Å². The molecule has 2 aromatic rings. The number of fused-ring (bicyclic) bond motifs is 1.